The standard InChI is InChI=1S/C21H26FN/c1-3-14-23(4-2)17-12-13-18-16(15-17)8-7-10-19(18)20-9-5-6-11-21(20)22/h5-11,17H,3-4,12-15H2,1-2H3/t17-/m0/s1. The van der Waals surface area contributed by atoms with E-state index in [0.717, 1.165) is 30.5 Å². The molecule has 0 amide bonds. The number of nitrogens with zero attached hydrogens (tertiary/aromatic N) is 1. The summed E-state index contributed by atoms with van der Waals surface area (Å²) >= 11 is 0. The lowest BCUT2D eigenvalue weighted by molar-refractivity contribution is 0.189. The molecule has 1 atom stereocenters. The van der Waals surface area contributed by atoms with Gasteiger partial charge < -0.3 is 4.90 Å². The summed E-state index contributed by atoms with van der Waals surface area (Å²) in [4.78, 5) is 2.60. The topological polar surface area (TPSA) is 3.24 Å². The first-order valence-electron chi connectivity index (χ1n) is 8.84. The van der Waals surface area contributed by atoms with Gasteiger partial charge in [-0.2, -0.15) is 0 Å². The molecule has 0 saturated carbocycles. The number of rotatable bonds is 5. The number of halogens is 1. The normalized spacial score (nSPS) is 17.3. The van der Waals surface area contributed by atoms with Gasteiger partial charge in [-0.3, -0.25) is 0 Å². The molecule has 122 valence electrons. The van der Waals surface area contributed by atoms with Crippen LogP contribution < -0.4 is 0 Å². The van der Waals surface area contributed by atoms with Crippen molar-refractivity contribution < 1.29 is 4.39 Å². The third kappa shape index (κ3) is 3.32. The van der Waals surface area contributed by atoms with Crippen molar-refractivity contribution in [1.29, 1.82) is 0 Å². The summed E-state index contributed by atoms with van der Waals surface area (Å²) in [7, 11) is 0. The second kappa shape index (κ2) is 7.27. The summed E-state index contributed by atoms with van der Waals surface area (Å²) in [6.45, 7) is 6.78. The minimum Gasteiger partial charge on any atom is -0.300 e. The van der Waals surface area contributed by atoms with E-state index in [4.69, 9.17) is 0 Å². The Morgan fingerprint density at radius 3 is 2.57 bits per heavy atom. The van der Waals surface area contributed by atoms with Crippen molar-refractivity contribution in [2.75, 3.05) is 13.1 Å². The minimum absolute atomic E-state index is 0.121. The molecule has 1 nitrogen and oxygen atoms in total. The summed E-state index contributed by atoms with van der Waals surface area (Å²) in [6, 6.07) is 14.1. The molecule has 0 fully saturated rings. The van der Waals surface area contributed by atoms with E-state index in [9.17, 15) is 4.39 Å². The molecule has 1 aliphatic rings. The number of hydrogen-bond acceptors (Lipinski definition) is 1. The first-order valence-corrected chi connectivity index (χ1v) is 8.84. The van der Waals surface area contributed by atoms with Gasteiger partial charge in [-0.25, -0.2) is 4.39 Å². The van der Waals surface area contributed by atoms with Crippen LogP contribution in [0.2, 0.25) is 0 Å². The highest BCUT2D eigenvalue weighted by molar-refractivity contribution is 5.69. The van der Waals surface area contributed by atoms with Crippen molar-refractivity contribution in [2.45, 2.75) is 45.6 Å². The zero-order valence-corrected chi connectivity index (χ0v) is 14.2. The van der Waals surface area contributed by atoms with Gasteiger partial charge in [0.2, 0.25) is 0 Å². The molecule has 0 aliphatic heterocycles. The van der Waals surface area contributed by atoms with Crippen LogP contribution >= 0.6 is 0 Å². The molecule has 0 aromatic heterocycles. The number of fused-ring (bicyclic) bond motifs is 1. The van der Waals surface area contributed by atoms with Gasteiger partial charge in [-0.05, 0) is 61.5 Å². The van der Waals surface area contributed by atoms with Gasteiger partial charge >= 0.3 is 0 Å². The van der Waals surface area contributed by atoms with Gasteiger partial charge in [0.1, 0.15) is 5.82 Å². The van der Waals surface area contributed by atoms with Crippen LogP contribution in [0, 0.1) is 5.82 Å². The van der Waals surface area contributed by atoms with E-state index in [1.165, 1.54) is 30.5 Å². The molecule has 0 N–H and O–H groups in total. The number of likely N-dealkylation sites (N-methyl/N-ethyl adjacent to an activating group) is 1. The minimum atomic E-state index is -0.121. The lowest BCUT2D eigenvalue weighted by Gasteiger charge is -2.35. The molecule has 0 radical (unpaired) electrons. The Morgan fingerprint density at radius 1 is 1.04 bits per heavy atom. The molecule has 0 bridgehead atoms. The number of hydrogen-bond donors (Lipinski definition) is 0. The van der Waals surface area contributed by atoms with Crippen LogP contribution in [-0.4, -0.2) is 24.0 Å². The molecule has 0 saturated heterocycles. The molecule has 2 heteroatoms. The van der Waals surface area contributed by atoms with E-state index >= 15 is 0 Å². The van der Waals surface area contributed by atoms with Gasteiger partial charge in [0, 0.05) is 11.6 Å². The molecule has 0 spiro atoms. The Labute approximate surface area is 139 Å². The molecular formula is C21H26FN. The first-order chi connectivity index (χ1) is 11.2. The van der Waals surface area contributed by atoms with E-state index in [2.05, 4.69) is 36.9 Å². The zero-order chi connectivity index (χ0) is 16.2. The van der Waals surface area contributed by atoms with Gasteiger partial charge in [-0.1, -0.05) is 50.2 Å². The van der Waals surface area contributed by atoms with Crippen molar-refractivity contribution in [1.82, 2.24) is 4.90 Å². The Morgan fingerprint density at radius 2 is 1.83 bits per heavy atom. The largest absolute Gasteiger partial charge is 0.300 e. The SMILES string of the molecule is CCCN(CC)[C@H]1CCc2c(cccc2-c2ccccc2F)C1. The highest BCUT2D eigenvalue weighted by Crippen LogP contribution is 2.34. The van der Waals surface area contributed by atoms with E-state index < -0.39 is 0 Å². The van der Waals surface area contributed by atoms with Gasteiger partial charge in [0.25, 0.3) is 0 Å². The van der Waals surface area contributed by atoms with Crippen LogP contribution in [0.3, 0.4) is 0 Å². The average molecular weight is 311 g/mol. The van der Waals surface area contributed by atoms with E-state index in [0.29, 0.717) is 6.04 Å². The molecule has 23 heavy (non-hydrogen) atoms. The van der Waals surface area contributed by atoms with Crippen LogP contribution in [0.4, 0.5) is 4.39 Å². The Balaban J connectivity index is 1.91. The van der Waals surface area contributed by atoms with E-state index in [1.807, 2.05) is 12.1 Å². The van der Waals surface area contributed by atoms with E-state index in [-0.39, 0.29) is 5.82 Å². The van der Waals surface area contributed by atoms with Gasteiger partial charge in [-0.15, -0.1) is 0 Å². The van der Waals surface area contributed by atoms with Gasteiger partial charge in [0.05, 0.1) is 0 Å². The maximum Gasteiger partial charge on any atom is 0.131 e. The van der Waals surface area contributed by atoms with E-state index in [1.54, 1.807) is 12.1 Å². The highest BCUT2D eigenvalue weighted by atomic mass is 19.1. The molecule has 2 aromatic rings. The highest BCUT2D eigenvalue weighted by Gasteiger charge is 2.25. The van der Waals surface area contributed by atoms with Gasteiger partial charge in [0.15, 0.2) is 0 Å². The maximum atomic E-state index is 14.2. The lowest BCUT2D eigenvalue weighted by atomic mass is 9.83. The van der Waals surface area contributed by atoms with Crippen LogP contribution in [0.1, 0.15) is 37.8 Å². The zero-order valence-electron chi connectivity index (χ0n) is 14.2. The Kier molecular flexibility index (Phi) is 5.12. The van der Waals surface area contributed by atoms with Crippen LogP contribution in [-0.2, 0) is 12.8 Å². The summed E-state index contributed by atoms with van der Waals surface area (Å²) in [5, 5.41) is 0. The molecule has 0 heterocycles. The van der Waals surface area contributed by atoms with Crippen molar-refractivity contribution in [3.63, 3.8) is 0 Å². The quantitative estimate of drug-likeness (QED) is 0.744. The number of benzene rings is 2. The average Bonchev–Trinajstić information content (AvgIpc) is 2.59. The first kappa shape index (κ1) is 16.2. The Bertz CT molecular complexity index is 665. The molecule has 1 aliphatic carbocycles. The Hall–Kier alpha value is -1.67. The smallest absolute Gasteiger partial charge is 0.131 e. The monoisotopic (exact) mass is 311 g/mol. The summed E-state index contributed by atoms with van der Waals surface area (Å²) in [5.74, 6) is -0.121. The molecule has 0 unspecified atom stereocenters. The fourth-order valence-electron chi connectivity index (χ4n) is 3.92. The van der Waals surface area contributed by atoms with Crippen LogP contribution in [0.25, 0.3) is 11.1 Å². The predicted molar refractivity (Wildman–Crippen MR) is 95.2 cm³/mol. The summed E-state index contributed by atoms with van der Waals surface area (Å²) in [5.41, 5.74) is 4.57. The predicted octanol–water partition coefficient (Wildman–Crippen LogP) is 5.08. The molecular weight excluding hydrogens is 285 g/mol. The molecule has 2 aromatic carbocycles. The lowest BCUT2D eigenvalue weighted by Crippen LogP contribution is -2.39. The second-order valence-electron chi connectivity index (χ2n) is 6.45. The van der Waals surface area contributed by atoms with Crippen LogP contribution in [0.5, 0.6) is 0 Å². The third-order valence-corrected chi connectivity index (χ3v) is 5.05. The molecule has 3 rings (SSSR count). The fourth-order valence-corrected chi connectivity index (χ4v) is 3.92. The third-order valence-electron chi connectivity index (χ3n) is 5.05. The van der Waals surface area contributed by atoms with Crippen LogP contribution in [0.15, 0.2) is 42.5 Å². The van der Waals surface area contributed by atoms with Crippen molar-refractivity contribution in [2.24, 2.45) is 0 Å². The van der Waals surface area contributed by atoms with Crippen molar-refractivity contribution in [3.05, 3.63) is 59.4 Å². The fraction of sp³-hybridized carbons (Fsp3) is 0.429. The second-order valence-corrected chi connectivity index (χ2v) is 6.45. The maximum absolute atomic E-state index is 14.2. The summed E-state index contributed by atoms with van der Waals surface area (Å²) in [6.07, 6.45) is 4.51. The summed E-state index contributed by atoms with van der Waals surface area (Å²) < 4.78 is 14.2. The van der Waals surface area contributed by atoms with Crippen molar-refractivity contribution in [3.8, 4) is 11.1 Å². The van der Waals surface area contributed by atoms with Crippen molar-refractivity contribution >= 4 is 0 Å².